The quantitative estimate of drug-likeness (QED) is 0.768. The molecule has 1 aromatic carbocycles. The van der Waals surface area contributed by atoms with Gasteiger partial charge in [0.05, 0.1) is 16.7 Å². The van der Waals surface area contributed by atoms with Gasteiger partial charge in [-0.1, -0.05) is 41.6 Å². The lowest BCUT2D eigenvalue weighted by Crippen LogP contribution is -2.27. The van der Waals surface area contributed by atoms with Crippen LogP contribution in [-0.2, 0) is 6.42 Å². The van der Waals surface area contributed by atoms with Gasteiger partial charge in [-0.05, 0) is 43.9 Å². The first-order valence-corrected chi connectivity index (χ1v) is 9.41. The highest BCUT2D eigenvalue weighted by molar-refractivity contribution is 8.00. The number of aromatic nitrogens is 1. The number of rotatable bonds is 5. The van der Waals surface area contributed by atoms with Crippen molar-refractivity contribution in [3.05, 3.63) is 59.3 Å². The van der Waals surface area contributed by atoms with Crippen molar-refractivity contribution in [3.63, 3.8) is 0 Å². The van der Waals surface area contributed by atoms with Crippen LogP contribution >= 0.6 is 11.8 Å². The number of benzene rings is 1. The molecule has 0 radical (unpaired) electrons. The molecule has 128 valence electrons. The molecule has 2 heterocycles. The molecule has 2 aromatic rings. The van der Waals surface area contributed by atoms with E-state index in [9.17, 15) is 10.1 Å². The van der Waals surface area contributed by atoms with Gasteiger partial charge in [-0.25, -0.2) is 4.98 Å². The lowest BCUT2D eigenvalue weighted by molar-refractivity contribution is 0.0792. The molecule has 1 fully saturated rings. The molecular formula is C20H21N3OS. The number of amides is 1. The highest BCUT2D eigenvalue weighted by Gasteiger charge is 2.20. The fourth-order valence-corrected chi connectivity index (χ4v) is 3.76. The molecule has 5 heteroatoms. The van der Waals surface area contributed by atoms with Gasteiger partial charge in [-0.2, -0.15) is 5.26 Å². The molecule has 1 amide bonds. The molecule has 25 heavy (non-hydrogen) atoms. The number of hydrogen-bond acceptors (Lipinski definition) is 4. The van der Waals surface area contributed by atoms with Crippen LogP contribution in [0.15, 0.2) is 47.6 Å². The summed E-state index contributed by atoms with van der Waals surface area (Å²) in [5.74, 6) is 0.0537. The lowest BCUT2D eigenvalue weighted by atomic mass is 10.1. The second-order valence-electron chi connectivity index (χ2n) is 6.31. The summed E-state index contributed by atoms with van der Waals surface area (Å²) in [4.78, 5) is 18.6. The minimum atomic E-state index is -0.199. The summed E-state index contributed by atoms with van der Waals surface area (Å²) in [6, 6.07) is 14.2. The van der Waals surface area contributed by atoms with Crippen LogP contribution in [0.25, 0.3) is 0 Å². The Bertz CT molecular complexity index is 759. The van der Waals surface area contributed by atoms with Crippen molar-refractivity contribution in [2.24, 2.45) is 0 Å². The first-order valence-electron chi connectivity index (χ1n) is 8.53. The monoisotopic (exact) mass is 351 g/mol. The molecular weight excluding hydrogens is 330 g/mol. The average molecular weight is 351 g/mol. The fourth-order valence-electron chi connectivity index (χ4n) is 2.88. The summed E-state index contributed by atoms with van der Waals surface area (Å²) in [6.45, 7) is 3.72. The first-order chi connectivity index (χ1) is 12.2. The summed E-state index contributed by atoms with van der Waals surface area (Å²) in [5, 5.41) is 10.0. The van der Waals surface area contributed by atoms with Crippen LogP contribution < -0.4 is 0 Å². The summed E-state index contributed by atoms with van der Waals surface area (Å²) in [6.07, 6.45) is 4.47. The van der Waals surface area contributed by atoms with Gasteiger partial charge in [0.1, 0.15) is 5.25 Å². The van der Waals surface area contributed by atoms with Crippen LogP contribution in [0.1, 0.15) is 34.3 Å². The molecule has 1 aromatic heterocycles. The Morgan fingerprint density at radius 3 is 2.56 bits per heavy atom. The van der Waals surface area contributed by atoms with Crippen molar-refractivity contribution >= 4 is 17.7 Å². The number of carbonyl (C=O) groups is 1. The van der Waals surface area contributed by atoms with Crippen LogP contribution in [-0.4, -0.2) is 34.1 Å². The topological polar surface area (TPSA) is 57.0 Å². The number of nitriles is 1. The third-order valence-electron chi connectivity index (χ3n) is 4.33. The number of nitrogens with zero attached hydrogens (tertiary/aromatic N) is 3. The molecule has 1 atom stereocenters. The smallest absolute Gasteiger partial charge is 0.255 e. The Morgan fingerprint density at radius 2 is 1.96 bits per heavy atom. The van der Waals surface area contributed by atoms with Gasteiger partial charge >= 0.3 is 0 Å². The SMILES string of the molecule is Cc1ccc(CC(C#N)Sc2ccc(C(=O)N3CCCC3)cn2)cc1. The van der Waals surface area contributed by atoms with Crippen molar-refractivity contribution in [3.8, 4) is 6.07 Å². The van der Waals surface area contributed by atoms with Crippen LogP contribution in [0.3, 0.4) is 0 Å². The van der Waals surface area contributed by atoms with Crippen molar-refractivity contribution in [1.29, 1.82) is 5.26 Å². The highest BCUT2D eigenvalue weighted by atomic mass is 32.2. The summed E-state index contributed by atoms with van der Waals surface area (Å²) >= 11 is 1.44. The number of hydrogen-bond donors (Lipinski definition) is 0. The zero-order chi connectivity index (χ0) is 17.6. The van der Waals surface area contributed by atoms with E-state index >= 15 is 0 Å². The van der Waals surface area contributed by atoms with E-state index < -0.39 is 0 Å². The molecule has 1 aliphatic rings. The van der Waals surface area contributed by atoms with Gasteiger partial charge in [0.25, 0.3) is 5.91 Å². The Hall–Kier alpha value is -2.32. The molecule has 1 unspecified atom stereocenters. The minimum Gasteiger partial charge on any atom is -0.339 e. The van der Waals surface area contributed by atoms with Gasteiger partial charge in [-0.15, -0.1) is 0 Å². The maximum absolute atomic E-state index is 12.3. The van der Waals surface area contributed by atoms with Gasteiger partial charge < -0.3 is 4.90 Å². The molecule has 0 spiro atoms. The van der Waals surface area contributed by atoms with E-state index in [-0.39, 0.29) is 11.2 Å². The lowest BCUT2D eigenvalue weighted by Gasteiger charge is -2.15. The van der Waals surface area contributed by atoms with E-state index in [1.807, 2.05) is 17.0 Å². The van der Waals surface area contributed by atoms with Crippen LogP contribution in [0.2, 0.25) is 0 Å². The standard InChI is InChI=1S/C20H21N3OS/c1-15-4-6-16(7-5-15)12-18(13-21)25-19-9-8-17(14-22-19)20(24)23-10-2-3-11-23/h4-9,14,18H,2-3,10-12H2,1H3. The van der Waals surface area contributed by atoms with Crippen LogP contribution in [0.5, 0.6) is 0 Å². The second kappa shape index (κ2) is 8.17. The van der Waals surface area contributed by atoms with E-state index in [1.165, 1.54) is 17.3 Å². The molecule has 0 N–H and O–H groups in total. The Balaban J connectivity index is 1.62. The average Bonchev–Trinajstić information content (AvgIpc) is 3.17. The highest BCUT2D eigenvalue weighted by Crippen LogP contribution is 2.24. The first kappa shape index (κ1) is 17.5. The van der Waals surface area contributed by atoms with Crippen molar-refractivity contribution in [1.82, 2.24) is 9.88 Å². The second-order valence-corrected chi connectivity index (χ2v) is 7.53. The zero-order valence-electron chi connectivity index (χ0n) is 14.3. The van der Waals surface area contributed by atoms with E-state index in [0.29, 0.717) is 12.0 Å². The largest absolute Gasteiger partial charge is 0.339 e. The Kier molecular flexibility index (Phi) is 5.72. The van der Waals surface area contributed by atoms with Crippen LogP contribution in [0.4, 0.5) is 0 Å². The molecule has 1 saturated heterocycles. The van der Waals surface area contributed by atoms with Crippen molar-refractivity contribution in [2.75, 3.05) is 13.1 Å². The molecule has 0 aliphatic carbocycles. The predicted octanol–water partition coefficient (Wildman–Crippen LogP) is 3.85. The molecule has 4 nitrogen and oxygen atoms in total. The maximum Gasteiger partial charge on any atom is 0.255 e. The molecule has 0 saturated carbocycles. The predicted molar refractivity (Wildman–Crippen MR) is 99.5 cm³/mol. The van der Waals surface area contributed by atoms with Crippen molar-refractivity contribution in [2.45, 2.75) is 36.5 Å². The van der Waals surface area contributed by atoms with E-state index in [0.717, 1.165) is 36.5 Å². The molecule has 3 rings (SSSR count). The number of thioether (sulfide) groups is 1. The summed E-state index contributed by atoms with van der Waals surface area (Å²) in [5.41, 5.74) is 2.98. The minimum absolute atomic E-state index is 0.0537. The summed E-state index contributed by atoms with van der Waals surface area (Å²) in [7, 11) is 0. The van der Waals surface area contributed by atoms with E-state index in [4.69, 9.17) is 0 Å². The number of pyridine rings is 1. The third-order valence-corrected chi connectivity index (χ3v) is 5.36. The van der Waals surface area contributed by atoms with Gasteiger partial charge in [0.2, 0.25) is 0 Å². The zero-order valence-corrected chi connectivity index (χ0v) is 15.1. The van der Waals surface area contributed by atoms with Gasteiger partial charge in [-0.3, -0.25) is 4.79 Å². The Labute approximate surface area is 152 Å². The van der Waals surface area contributed by atoms with Crippen molar-refractivity contribution < 1.29 is 4.79 Å². The van der Waals surface area contributed by atoms with E-state index in [1.54, 1.807) is 6.20 Å². The number of aryl methyl sites for hydroxylation is 1. The maximum atomic E-state index is 12.3. The molecule has 1 aliphatic heterocycles. The Morgan fingerprint density at radius 1 is 1.24 bits per heavy atom. The summed E-state index contributed by atoms with van der Waals surface area (Å²) < 4.78 is 0. The fraction of sp³-hybridized carbons (Fsp3) is 0.350. The third kappa shape index (κ3) is 4.61. The van der Waals surface area contributed by atoms with Gasteiger partial charge in [0.15, 0.2) is 0 Å². The van der Waals surface area contributed by atoms with Crippen LogP contribution in [0, 0.1) is 18.3 Å². The van der Waals surface area contributed by atoms with E-state index in [2.05, 4.69) is 42.2 Å². The van der Waals surface area contributed by atoms with Gasteiger partial charge in [0, 0.05) is 19.3 Å². The molecule has 0 bridgehead atoms. The number of carbonyl (C=O) groups excluding carboxylic acids is 1. The normalized spacial score (nSPS) is 15.0. The number of likely N-dealkylation sites (tertiary alicyclic amines) is 1.